The lowest BCUT2D eigenvalue weighted by Crippen LogP contribution is -2.16. The highest BCUT2D eigenvalue weighted by molar-refractivity contribution is 14.1. The quantitative estimate of drug-likeness (QED) is 0.777. The summed E-state index contributed by atoms with van der Waals surface area (Å²) in [6, 6.07) is 7.80. The van der Waals surface area contributed by atoms with E-state index in [1.54, 1.807) is 0 Å². The largest absolute Gasteiger partial charge is 0.346 e. The Labute approximate surface area is 108 Å². The van der Waals surface area contributed by atoms with E-state index in [0.717, 1.165) is 33.0 Å². The van der Waals surface area contributed by atoms with Crippen LogP contribution in [-0.4, -0.2) is 4.57 Å². The summed E-state index contributed by atoms with van der Waals surface area (Å²) < 4.78 is 3.00. The molecule has 1 aromatic carbocycles. The molecule has 0 saturated heterocycles. The van der Waals surface area contributed by atoms with Crippen LogP contribution in [0.3, 0.4) is 0 Å². The van der Waals surface area contributed by atoms with Crippen LogP contribution in [0.15, 0.2) is 29.1 Å². The highest BCUT2D eigenvalue weighted by Gasteiger charge is 2.11. The Morgan fingerprint density at radius 1 is 1.31 bits per heavy atom. The van der Waals surface area contributed by atoms with Gasteiger partial charge in [0.05, 0.1) is 9.09 Å². The van der Waals surface area contributed by atoms with E-state index in [-0.39, 0.29) is 5.43 Å². The van der Waals surface area contributed by atoms with Crippen molar-refractivity contribution in [3.05, 3.63) is 43.8 Å². The number of hydrogen-bond donors (Lipinski definition) is 0. The molecule has 0 N–H and O–H groups in total. The fourth-order valence-electron chi connectivity index (χ4n) is 2.01. The van der Waals surface area contributed by atoms with Crippen LogP contribution in [0.5, 0.6) is 0 Å². The number of aromatic nitrogens is 1. The molecule has 2 rings (SSSR count). The van der Waals surface area contributed by atoms with E-state index in [2.05, 4.69) is 34.1 Å². The lowest BCUT2D eigenvalue weighted by molar-refractivity contribution is 0.784. The Kier molecular flexibility index (Phi) is 3.33. The van der Waals surface area contributed by atoms with E-state index in [9.17, 15) is 4.79 Å². The molecule has 84 valence electrons. The lowest BCUT2D eigenvalue weighted by Gasteiger charge is -2.13. The third-order valence-corrected chi connectivity index (χ3v) is 3.97. The lowest BCUT2D eigenvalue weighted by atomic mass is 10.1. The third-order valence-electron chi connectivity index (χ3n) is 2.85. The van der Waals surface area contributed by atoms with E-state index in [0.29, 0.717) is 0 Å². The molecule has 0 atom stereocenters. The molecule has 0 spiro atoms. The van der Waals surface area contributed by atoms with E-state index in [1.165, 1.54) is 0 Å². The maximum absolute atomic E-state index is 12.2. The van der Waals surface area contributed by atoms with Gasteiger partial charge in [0.25, 0.3) is 0 Å². The zero-order valence-corrected chi connectivity index (χ0v) is 11.6. The normalized spacial score (nSPS) is 10.9. The molecule has 0 unspecified atom stereocenters. The minimum Gasteiger partial charge on any atom is -0.346 e. The van der Waals surface area contributed by atoms with Crippen molar-refractivity contribution in [1.82, 2.24) is 4.57 Å². The summed E-state index contributed by atoms with van der Waals surface area (Å²) in [5.74, 6) is 0. The zero-order chi connectivity index (χ0) is 11.7. The number of halogens is 1. The Morgan fingerprint density at radius 2 is 2.00 bits per heavy atom. The van der Waals surface area contributed by atoms with Gasteiger partial charge in [0.1, 0.15) is 0 Å². The van der Waals surface area contributed by atoms with Crippen LogP contribution in [0.2, 0.25) is 0 Å². The number of para-hydroxylation sites is 1. The van der Waals surface area contributed by atoms with Crippen LogP contribution >= 0.6 is 22.6 Å². The van der Waals surface area contributed by atoms with Crippen LogP contribution in [0.1, 0.15) is 19.0 Å². The standard InChI is InChI=1S/C13H14INO/c1-3-6-11-12(14)13(16)9-7-4-5-8-10(9)15(11)2/h4-5,7-8H,3,6H2,1-2H3. The first-order valence-corrected chi connectivity index (χ1v) is 6.50. The molecule has 1 heterocycles. The molecule has 0 bridgehead atoms. The van der Waals surface area contributed by atoms with Gasteiger partial charge in [-0.05, 0) is 41.1 Å². The molecule has 0 radical (unpaired) electrons. The smallest absolute Gasteiger partial charge is 0.202 e. The summed E-state index contributed by atoms with van der Waals surface area (Å²) in [7, 11) is 2.04. The summed E-state index contributed by atoms with van der Waals surface area (Å²) in [6.07, 6.45) is 2.01. The number of fused-ring (bicyclic) bond motifs is 1. The Hall–Kier alpha value is -0.840. The van der Waals surface area contributed by atoms with Gasteiger partial charge in [-0.3, -0.25) is 4.79 Å². The molecule has 1 aromatic heterocycles. The van der Waals surface area contributed by atoms with Gasteiger partial charge in [-0.2, -0.15) is 0 Å². The van der Waals surface area contributed by atoms with Crippen molar-refractivity contribution in [2.75, 3.05) is 0 Å². The number of pyridine rings is 1. The van der Waals surface area contributed by atoms with E-state index < -0.39 is 0 Å². The topological polar surface area (TPSA) is 22.0 Å². The molecule has 0 saturated carbocycles. The summed E-state index contributed by atoms with van der Waals surface area (Å²) in [6.45, 7) is 2.13. The SMILES string of the molecule is CCCc1c(I)c(=O)c2ccccc2n1C. The van der Waals surface area contributed by atoms with Gasteiger partial charge in [-0.1, -0.05) is 25.5 Å². The maximum atomic E-state index is 12.2. The fraction of sp³-hybridized carbons (Fsp3) is 0.308. The van der Waals surface area contributed by atoms with Crippen LogP contribution in [0.4, 0.5) is 0 Å². The molecule has 0 aliphatic carbocycles. The monoisotopic (exact) mass is 327 g/mol. The van der Waals surface area contributed by atoms with E-state index in [1.807, 2.05) is 31.3 Å². The second-order valence-electron chi connectivity index (χ2n) is 3.92. The molecule has 16 heavy (non-hydrogen) atoms. The molecule has 3 heteroatoms. The van der Waals surface area contributed by atoms with E-state index >= 15 is 0 Å². The minimum atomic E-state index is 0.165. The predicted octanol–water partition coefficient (Wildman–Crippen LogP) is 3.10. The van der Waals surface area contributed by atoms with E-state index in [4.69, 9.17) is 0 Å². The Morgan fingerprint density at radius 3 is 2.69 bits per heavy atom. The Bertz CT molecular complexity index is 586. The van der Waals surface area contributed by atoms with Gasteiger partial charge in [0.2, 0.25) is 5.43 Å². The summed E-state index contributed by atoms with van der Waals surface area (Å²) in [5, 5.41) is 0.814. The number of nitrogens with zero attached hydrogens (tertiary/aromatic N) is 1. The predicted molar refractivity (Wildman–Crippen MR) is 75.9 cm³/mol. The molecule has 0 aliphatic rings. The van der Waals surface area contributed by atoms with Crippen LogP contribution in [0.25, 0.3) is 10.9 Å². The van der Waals surface area contributed by atoms with Crippen LogP contribution in [0, 0.1) is 3.57 Å². The summed E-state index contributed by atoms with van der Waals surface area (Å²) in [5.41, 5.74) is 2.33. The number of aryl methyl sites for hydroxylation is 1. The molecule has 0 aliphatic heterocycles. The van der Waals surface area contributed by atoms with Crippen molar-refractivity contribution in [3.8, 4) is 0 Å². The van der Waals surface area contributed by atoms with Crippen molar-refractivity contribution in [3.63, 3.8) is 0 Å². The number of rotatable bonds is 2. The second-order valence-corrected chi connectivity index (χ2v) is 4.99. The van der Waals surface area contributed by atoms with Crippen molar-refractivity contribution >= 4 is 33.5 Å². The maximum Gasteiger partial charge on any atom is 0.202 e. The Balaban J connectivity index is 2.89. The second kappa shape index (κ2) is 4.57. The first-order chi connectivity index (χ1) is 7.66. The number of hydrogen-bond acceptors (Lipinski definition) is 1. The molecule has 0 amide bonds. The summed E-state index contributed by atoms with van der Waals surface area (Å²) in [4.78, 5) is 12.2. The van der Waals surface area contributed by atoms with Crippen LogP contribution in [-0.2, 0) is 13.5 Å². The average molecular weight is 327 g/mol. The molecule has 0 fully saturated rings. The highest BCUT2D eigenvalue weighted by Crippen LogP contribution is 2.17. The van der Waals surface area contributed by atoms with Crippen molar-refractivity contribution in [1.29, 1.82) is 0 Å². The first kappa shape index (κ1) is 11.6. The highest BCUT2D eigenvalue weighted by atomic mass is 127. The fourth-order valence-corrected chi connectivity index (χ4v) is 2.94. The molecular weight excluding hydrogens is 313 g/mol. The van der Waals surface area contributed by atoms with Gasteiger partial charge >= 0.3 is 0 Å². The zero-order valence-electron chi connectivity index (χ0n) is 9.46. The van der Waals surface area contributed by atoms with Gasteiger partial charge in [-0.25, -0.2) is 0 Å². The van der Waals surface area contributed by atoms with Gasteiger partial charge in [-0.15, -0.1) is 0 Å². The molecule has 2 aromatic rings. The van der Waals surface area contributed by atoms with Crippen molar-refractivity contribution < 1.29 is 0 Å². The minimum absolute atomic E-state index is 0.165. The van der Waals surface area contributed by atoms with Gasteiger partial charge in [0, 0.05) is 18.1 Å². The third kappa shape index (κ3) is 1.77. The van der Waals surface area contributed by atoms with Crippen LogP contribution < -0.4 is 5.43 Å². The molecule has 2 nitrogen and oxygen atoms in total. The first-order valence-electron chi connectivity index (χ1n) is 5.43. The van der Waals surface area contributed by atoms with Gasteiger partial charge in [0.15, 0.2) is 0 Å². The molecular formula is C13H14INO. The summed E-state index contributed by atoms with van der Waals surface area (Å²) >= 11 is 2.17. The van der Waals surface area contributed by atoms with Crippen molar-refractivity contribution in [2.45, 2.75) is 19.8 Å². The van der Waals surface area contributed by atoms with Crippen molar-refractivity contribution in [2.24, 2.45) is 7.05 Å². The average Bonchev–Trinajstić information content (AvgIpc) is 2.32. The van der Waals surface area contributed by atoms with Gasteiger partial charge < -0.3 is 4.57 Å². The number of benzene rings is 1.